The van der Waals surface area contributed by atoms with Gasteiger partial charge in [0, 0.05) is 13.3 Å². The van der Waals surface area contributed by atoms with Crippen molar-refractivity contribution in [2.45, 2.75) is 38.4 Å². The third-order valence-corrected chi connectivity index (χ3v) is 2.25. The van der Waals surface area contributed by atoms with Crippen LogP contribution in [0.15, 0.2) is 0 Å². The van der Waals surface area contributed by atoms with Crippen LogP contribution in [0.2, 0.25) is 0 Å². The maximum absolute atomic E-state index is 11.4. The maximum atomic E-state index is 11.4. The lowest BCUT2D eigenvalue weighted by atomic mass is 9.93. The van der Waals surface area contributed by atoms with Gasteiger partial charge in [0.25, 0.3) is 0 Å². The van der Waals surface area contributed by atoms with E-state index in [-0.39, 0.29) is 6.42 Å². The Kier molecular flexibility index (Phi) is 2.46. The Balaban J connectivity index is 2.93. The molecule has 0 unspecified atom stereocenters. The second kappa shape index (κ2) is 3.22. The molecular weight excluding hydrogens is 204 g/mol. The van der Waals surface area contributed by atoms with Crippen molar-refractivity contribution < 1.29 is 29.0 Å². The van der Waals surface area contributed by atoms with Gasteiger partial charge in [-0.1, -0.05) is 0 Å². The van der Waals surface area contributed by atoms with Crippen LogP contribution in [0.4, 0.5) is 0 Å². The van der Waals surface area contributed by atoms with Crippen molar-refractivity contribution in [3.8, 4) is 0 Å². The molecule has 0 aliphatic carbocycles. The minimum Gasteiger partial charge on any atom is -0.478 e. The highest BCUT2D eigenvalue weighted by Gasteiger charge is 2.58. The molecule has 0 saturated carbocycles. The van der Waals surface area contributed by atoms with Crippen LogP contribution in [0.5, 0.6) is 0 Å². The summed E-state index contributed by atoms with van der Waals surface area (Å²) in [5.74, 6) is -2.74. The van der Waals surface area contributed by atoms with Crippen LogP contribution < -0.4 is 0 Å². The number of hydrogen-bond donors (Lipinski definition) is 1. The van der Waals surface area contributed by atoms with Gasteiger partial charge in [0.2, 0.25) is 11.2 Å². The van der Waals surface area contributed by atoms with E-state index in [0.717, 1.165) is 6.92 Å². The molecule has 0 aromatic carbocycles. The molecule has 0 bridgehead atoms. The molecule has 15 heavy (non-hydrogen) atoms. The highest BCUT2D eigenvalue weighted by Crippen LogP contribution is 2.36. The van der Waals surface area contributed by atoms with Crippen LogP contribution in [0.1, 0.15) is 27.2 Å². The van der Waals surface area contributed by atoms with Crippen molar-refractivity contribution in [3.05, 3.63) is 0 Å². The molecule has 1 saturated heterocycles. The topological polar surface area (TPSA) is 89.9 Å². The third-order valence-electron chi connectivity index (χ3n) is 2.25. The summed E-state index contributed by atoms with van der Waals surface area (Å²) in [5, 5.41) is 8.84. The van der Waals surface area contributed by atoms with E-state index >= 15 is 0 Å². The molecule has 84 valence electrons. The van der Waals surface area contributed by atoms with E-state index in [0.29, 0.717) is 0 Å². The Hall–Kier alpha value is -1.59. The Bertz CT molecular complexity index is 335. The van der Waals surface area contributed by atoms with Crippen LogP contribution in [0.25, 0.3) is 0 Å². The molecule has 0 radical (unpaired) electrons. The van der Waals surface area contributed by atoms with Crippen molar-refractivity contribution in [2.24, 2.45) is 0 Å². The van der Waals surface area contributed by atoms with E-state index in [1.54, 1.807) is 0 Å². The zero-order valence-corrected chi connectivity index (χ0v) is 8.70. The number of carbonyl (C=O) groups is 3. The summed E-state index contributed by atoms with van der Waals surface area (Å²) in [7, 11) is 0. The molecule has 1 N–H and O–H groups in total. The van der Waals surface area contributed by atoms with E-state index in [1.165, 1.54) is 13.8 Å². The SMILES string of the molecule is CC(=O)O[C@]1(C)C[C@](C)(C(=O)O)OC1=O. The summed E-state index contributed by atoms with van der Waals surface area (Å²) >= 11 is 0. The zero-order valence-electron chi connectivity index (χ0n) is 8.70. The first-order valence-electron chi connectivity index (χ1n) is 4.36. The van der Waals surface area contributed by atoms with Crippen LogP contribution >= 0.6 is 0 Å². The molecular formula is C9H12O6. The minimum absolute atomic E-state index is 0.187. The normalized spacial score (nSPS) is 34.7. The first-order chi connectivity index (χ1) is 6.69. The van der Waals surface area contributed by atoms with Crippen molar-refractivity contribution >= 4 is 17.9 Å². The fraction of sp³-hybridized carbons (Fsp3) is 0.667. The minimum atomic E-state index is -1.62. The number of aliphatic carboxylic acids is 1. The summed E-state index contributed by atoms with van der Waals surface area (Å²) in [6, 6.07) is 0. The van der Waals surface area contributed by atoms with Gasteiger partial charge in [-0.3, -0.25) is 4.79 Å². The smallest absolute Gasteiger partial charge is 0.351 e. The Morgan fingerprint density at radius 2 is 2.00 bits per heavy atom. The van der Waals surface area contributed by atoms with Crippen LogP contribution in [-0.4, -0.2) is 34.2 Å². The summed E-state index contributed by atoms with van der Waals surface area (Å²) in [6.45, 7) is 3.75. The molecule has 0 aromatic heterocycles. The third kappa shape index (κ3) is 1.93. The summed E-state index contributed by atoms with van der Waals surface area (Å²) in [5.41, 5.74) is -3.12. The maximum Gasteiger partial charge on any atom is 0.351 e. The van der Waals surface area contributed by atoms with Gasteiger partial charge in [0.1, 0.15) is 0 Å². The van der Waals surface area contributed by atoms with Gasteiger partial charge in [-0.05, 0) is 13.8 Å². The Morgan fingerprint density at radius 1 is 1.47 bits per heavy atom. The van der Waals surface area contributed by atoms with E-state index in [4.69, 9.17) is 14.6 Å². The summed E-state index contributed by atoms with van der Waals surface area (Å²) in [6.07, 6.45) is -0.187. The quantitative estimate of drug-likeness (QED) is 0.658. The monoisotopic (exact) mass is 216 g/mol. The fourth-order valence-corrected chi connectivity index (χ4v) is 1.58. The lowest BCUT2D eigenvalue weighted by Crippen LogP contribution is -2.38. The highest BCUT2D eigenvalue weighted by atomic mass is 16.6. The first-order valence-corrected chi connectivity index (χ1v) is 4.36. The predicted molar refractivity (Wildman–Crippen MR) is 46.9 cm³/mol. The largest absolute Gasteiger partial charge is 0.478 e. The van der Waals surface area contributed by atoms with Gasteiger partial charge >= 0.3 is 17.9 Å². The molecule has 6 heteroatoms. The average Bonchev–Trinajstić information content (AvgIpc) is 2.21. The lowest BCUT2D eigenvalue weighted by Gasteiger charge is -2.19. The molecule has 1 heterocycles. The molecule has 6 nitrogen and oxygen atoms in total. The van der Waals surface area contributed by atoms with Crippen molar-refractivity contribution in [3.63, 3.8) is 0 Å². The molecule has 1 rings (SSSR count). The number of ether oxygens (including phenoxy) is 2. The van der Waals surface area contributed by atoms with E-state index in [2.05, 4.69) is 0 Å². The number of hydrogen-bond acceptors (Lipinski definition) is 5. The van der Waals surface area contributed by atoms with Crippen molar-refractivity contribution in [2.75, 3.05) is 0 Å². The van der Waals surface area contributed by atoms with Gasteiger partial charge < -0.3 is 14.6 Å². The zero-order chi connectivity index (χ0) is 11.9. The van der Waals surface area contributed by atoms with E-state index < -0.39 is 29.1 Å². The second-order valence-electron chi connectivity index (χ2n) is 3.93. The number of esters is 2. The fourth-order valence-electron chi connectivity index (χ4n) is 1.58. The number of rotatable bonds is 2. The molecule has 2 atom stereocenters. The first kappa shape index (κ1) is 11.5. The van der Waals surface area contributed by atoms with Gasteiger partial charge in [-0.2, -0.15) is 0 Å². The number of carboxylic acids is 1. The Labute approximate surface area is 86.2 Å². The second-order valence-corrected chi connectivity index (χ2v) is 3.93. The van der Waals surface area contributed by atoms with Gasteiger partial charge in [-0.15, -0.1) is 0 Å². The predicted octanol–water partition coefficient (Wildman–Crippen LogP) is 0.0984. The van der Waals surface area contributed by atoms with Crippen molar-refractivity contribution in [1.29, 1.82) is 0 Å². The lowest BCUT2D eigenvalue weighted by molar-refractivity contribution is -0.174. The molecule has 1 fully saturated rings. The molecule has 0 amide bonds. The molecule has 0 aromatic rings. The standard InChI is InChI=1S/C9H12O6/c1-5(10)14-9(3)4-8(2,6(11)12)15-7(9)13/h4H2,1-3H3,(H,11,12)/t8-,9-/m1/s1. The molecule has 1 aliphatic heterocycles. The van der Waals surface area contributed by atoms with Gasteiger partial charge in [0.05, 0.1) is 0 Å². The van der Waals surface area contributed by atoms with Crippen LogP contribution in [-0.2, 0) is 23.9 Å². The summed E-state index contributed by atoms with van der Waals surface area (Å²) in [4.78, 5) is 33.0. The Morgan fingerprint density at radius 3 is 2.33 bits per heavy atom. The van der Waals surface area contributed by atoms with Crippen LogP contribution in [0, 0.1) is 0 Å². The van der Waals surface area contributed by atoms with Crippen LogP contribution in [0.3, 0.4) is 0 Å². The molecule has 0 spiro atoms. The van der Waals surface area contributed by atoms with E-state index in [9.17, 15) is 14.4 Å². The number of carboxylic acid groups (broad SMARTS) is 1. The van der Waals surface area contributed by atoms with Gasteiger partial charge in [0.15, 0.2) is 0 Å². The highest BCUT2D eigenvalue weighted by molar-refractivity contribution is 5.91. The van der Waals surface area contributed by atoms with E-state index in [1.807, 2.05) is 0 Å². The number of carbonyl (C=O) groups excluding carboxylic acids is 2. The van der Waals surface area contributed by atoms with Crippen molar-refractivity contribution in [1.82, 2.24) is 0 Å². The average molecular weight is 216 g/mol. The summed E-state index contributed by atoms with van der Waals surface area (Å²) < 4.78 is 9.49. The molecule has 1 aliphatic rings. The van der Waals surface area contributed by atoms with Gasteiger partial charge in [-0.25, -0.2) is 9.59 Å². The number of cyclic esters (lactones) is 1.